The Balaban J connectivity index is 1.81. The number of anilines is 1. The van der Waals surface area contributed by atoms with Crippen LogP contribution in [0, 0.1) is 0 Å². The standard InChI is InChI=1S/C22H20F3N3O4/c1-3-27(15-9-5-4-6-10-15)20(30)14(2)32-21(31)19-18(29)13-28(26-19)17-12-8-7-11-16(17)22(23,24)25/h4-14,29H,3H2,1-2H3/t14-/m1/s1. The lowest BCUT2D eigenvalue weighted by atomic mass is 10.2. The molecule has 0 bridgehead atoms. The summed E-state index contributed by atoms with van der Waals surface area (Å²) < 4.78 is 45.7. The highest BCUT2D eigenvalue weighted by atomic mass is 19.4. The van der Waals surface area contributed by atoms with Gasteiger partial charge in [0.1, 0.15) is 0 Å². The minimum atomic E-state index is -4.67. The summed E-state index contributed by atoms with van der Waals surface area (Å²) in [5.41, 5.74) is -1.37. The molecule has 7 nitrogen and oxygen atoms in total. The number of alkyl halides is 3. The lowest BCUT2D eigenvalue weighted by Crippen LogP contribution is -2.40. The van der Waals surface area contributed by atoms with Gasteiger partial charge in [-0.05, 0) is 38.1 Å². The first-order chi connectivity index (χ1) is 15.1. The molecule has 0 saturated heterocycles. The van der Waals surface area contributed by atoms with Crippen LogP contribution in [0.3, 0.4) is 0 Å². The fourth-order valence-corrected chi connectivity index (χ4v) is 3.11. The molecule has 0 radical (unpaired) electrons. The molecule has 1 amide bonds. The van der Waals surface area contributed by atoms with E-state index in [1.165, 1.54) is 24.0 Å². The highest BCUT2D eigenvalue weighted by molar-refractivity contribution is 5.99. The average Bonchev–Trinajstić information content (AvgIpc) is 3.16. The summed E-state index contributed by atoms with van der Waals surface area (Å²) in [6.45, 7) is 3.43. The van der Waals surface area contributed by atoms with Crippen molar-refractivity contribution in [1.29, 1.82) is 0 Å². The molecule has 32 heavy (non-hydrogen) atoms. The van der Waals surface area contributed by atoms with Crippen LogP contribution >= 0.6 is 0 Å². The van der Waals surface area contributed by atoms with Crippen molar-refractivity contribution in [3.63, 3.8) is 0 Å². The maximum Gasteiger partial charge on any atom is 0.418 e. The number of aromatic hydroxyl groups is 1. The number of nitrogens with zero attached hydrogens (tertiary/aromatic N) is 3. The predicted molar refractivity (Wildman–Crippen MR) is 110 cm³/mol. The maximum absolute atomic E-state index is 13.3. The van der Waals surface area contributed by atoms with E-state index in [0.717, 1.165) is 23.0 Å². The lowest BCUT2D eigenvalue weighted by molar-refractivity contribution is -0.137. The highest BCUT2D eigenvalue weighted by Crippen LogP contribution is 2.34. The second-order valence-corrected chi connectivity index (χ2v) is 6.79. The van der Waals surface area contributed by atoms with E-state index >= 15 is 0 Å². The summed E-state index contributed by atoms with van der Waals surface area (Å²) in [6.07, 6.45) is -5.02. The Hall–Kier alpha value is -3.82. The molecule has 0 aliphatic carbocycles. The van der Waals surface area contributed by atoms with Crippen LogP contribution in [0.25, 0.3) is 5.69 Å². The van der Waals surface area contributed by atoms with Crippen LogP contribution in [0.2, 0.25) is 0 Å². The van der Waals surface area contributed by atoms with Gasteiger partial charge in [0, 0.05) is 12.2 Å². The van der Waals surface area contributed by atoms with Gasteiger partial charge in [-0.15, -0.1) is 0 Å². The second-order valence-electron chi connectivity index (χ2n) is 6.79. The summed E-state index contributed by atoms with van der Waals surface area (Å²) in [6, 6.07) is 13.3. The van der Waals surface area contributed by atoms with Gasteiger partial charge >= 0.3 is 12.1 Å². The fraction of sp³-hybridized carbons (Fsp3) is 0.227. The van der Waals surface area contributed by atoms with Crippen molar-refractivity contribution in [2.45, 2.75) is 26.1 Å². The molecule has 1 atom stereocenters. The molecule has 1 heterocycles. The normalized spacial score (nSPS) is 12.3. The van der Waals surface area contributed by atoms with Crippen molar-refractivity contribution in [2.24, 2.45) is 0 Å². The molecule has 0 saturated carbocycles. The second kappa shape index (κ2) is 9.13. The Morgan fingerprint density at radius 1 is 1.12 bits per heavy atom. The van der Waals surface area contributed by atoms with E-state index in [1.807, 2.05) is 0 Å². The summed E-state index contributed by atoms with van der Waals surface area (Å²) in [5.74, 6) is -2.33. The SMILES string of the molecule is CCN(C(=O)[C@@H](C)OC(=O)c1nn(-c2ccccc2C(F)(F)F)cc1O)c1ccccc1. The Kier molecular flexibility index (Phi) is 6.52. The van der Waals surface area contributed by atoms with E-state index in [-0.39, 0.29) is 5.69 Å². The number of carbonyl (C=O) groups excluding carboxylic acids is 2. The van der Waals surface area contributed by atoms with Crippen LogP contribution in [-0.2, 0) is 15.7 Å². The Bertz CT molecular complexity index is 1110. The van der Waals surface area contributed by atoms with Gasteiger partial charge in [-0.1, -0.05) is 30.3 Å². The molecule has 10 heteroatoms. The summed E-state index contributed by atoms with van der Waals surface area (Å²) in [5, 5.41) is 13.8. The van der Waals surface area contributed by atoms with E-state index in [1.54, 1.807) is 37.3 Å². The van der Waals surface area contributed by atoms with Gasteiger partial charge in [-0.3, -0.25) is 4.79 Å². The monoisotopic (exact) mass is 447 g/mol. The number of amides is 1. The van der Waals surface area contributed by atoms with Gasteiger partial charge in [0.2, 0.25) is 5.69 Å². The third kappa shape index (κ3) is 4.74. The number of carbonyl (C=O) groups is 2. The van der Waals surface area contributed by atoms with Crippen LogP contribution in [0.4, 0.5) is 18.9 Å². The topological polar surface area (TPSA) is 84.7 Å². The van der Waals surface area contributed by atoms with Gasteiger partial charge in [0.15, 0.2) is 11.9 Å². The first-order valence-corrected chi connectivity index (χ1v) is 9.66. The summed E-state index contributed by atoms with van der Waals surface area (Å²) in [4.78, 5) is 26.7. The van der Waals surface area contributed by atoms with Gasteiger partial charge in [0.25, 0.3) is 5.91 Å². The van der Waals surface area contributed by atoms with Crippen LogP contribution in [0.5, 0.6) is 5.75 Å². The molecular formula is C22H20F3N3O4. The van der Waals surface area contributed by atoms with Crippen molar-refractivity contribution in [2.75, 3.05) is 11.4 Å². The first-order valence-electron chi connectivity index (χ1n) is 9.66. The first kappa shape index (κ1) is 22.9. The molecular weight excluding hydrogens is 427 g/mol. The molecule has 0 aliphatic heterocycles. The van der Waals surface area contributed by atoms with Crippen LogP contribution in [-0.4, -0.2) is 39.4 Å². The Labute approximate surface area is 181 Å². The van der Waals surface area contributed by atoms with E-state index in [9.17, 15) is 27.9 Å². The number of halogens is 3. The molecule has 0 unspecified atom stereocenters. The van der Waals surface area contributed by atoms with Crippen molar-refractivity contribution in [3.8, 4) is 11.4 Å². The van der Waals surface area contributed by atoms with Crippen molar-refractivity contribution in [1.82, 2.24) is 9.78 Å². The average molecular weight is 447 g/mol. The van der Waals surface area contributed by atoms with E-state index in [4.69, 9.17) is 4.74 Å². The Morgan fingerprint density at radius 2 is 1.75 bits per heavy atom. The molecule has 3 aromatic rings. The smallest absolute Gasteiger partial charge is 0.418 e. The maximum atomic E-state index is 13.3. The van der Waals surface area contributed by atoms with Crippen molar-refractivity contribution in [3.05, 3.63) is 72.1 Å². The molecule has 2 aromatic carbocycles. The third-order valence-electron chi connectivity index (χ3n) is 4.63. The number of aromatic nitrogens is 2. The zero-order valence-electron chi connectivity index (χ0n) is 17.2. The number of benzene rings is 2. The number of ether oxygens (including phenoxy) is 1. The number of esters is 1. The number of para-hydroxylation sites is 2. The highest BCUT2D eigenvalue weighted by Gasteiger charge is 2.34. The number of rotatable bonds is 6. The van der Waals surface area contributed by atoms with Crippen LogP contribution in [0.15, 0.2) is 60.8 Å². The van der Waals surface area contributed by atoms with Gasteiger partial charge in [-0.2, -0.15) is 18.3 Å². The van der Waals surface area contributed by atoms with E-state index in [2.05, 4.69) is 5.10 Å². The summed E-state index contributed by atoms with van der Waals surface area (Å²) >= 11 is 0. The molecule has 0 fully saturated rings. The minimum absolute atomic E-state index is 0.318. The molecule has 0 spiro atoms. The number of hydrogen-bond donors (Lipinski definition) is 1. The lowest BCUT2D eigenvalue weighted by Gasteiger charge is -2.24. The van der Waals surface area contributed by atoms with Crippen LogP contribution < -0.4 is 4.90 Å². The molecule has 0 aliphatic rings. The molecule has 1 aromatic heterocycles. The number of hydrogen-bond acceptors (Lipinski definition) is 5. The molecule has 3 rings (SSSR count). The predicted octanol–water partition coefficient (Wildman–Crippen LogP) is 4.20. The molecule has 168 valence electrons. The van der Waals surface area contributed by atoms with E-state index < -0.39 is 41.2 Å². The zero-order valence-corrected chi connectivity index (χ0v) is 17.2. The summed E-state index contributed by atoms with van der Waals surface area (Å²) in [7, 11) is 0. The van der Waals surface area contributed by atoms with E-state index in [0.29, 0.717) is 12.2 Å². The largest absolute Gasteiger partial charge is 0.504 e. The third-order valence-corrected chi connectivity index (χ3v) is 4.63. The zero-order chi connectivity index (χ0) is 23.5. The quantitative estimate of drug-likeness (QED) is 0.573. The minimum Gasteiger partial charge on any atom is -0.504 e. The Morgan fingerprint density at radius 3 is 2.38 bits per heavy atom. The molecule has 1 N–H and O–H groups in total. The van der Waals surface area contributed by atoms with Crippen molar-refractivity contribution < 1.29 is 32.6 Å². The van der Waals surface area contributed by atoms with Gasteiger partial charge < -0.3 is 14.7 Å². The van der Waals surface area contributed by atoms with Gasteiger partial charge in [-0.25, -0.2) is 9.48 Å². The van der Waals surface area contributed by atoms with Crippen LogP contribution in [0.1, 0.15) is 29.9 Å². The van der Waals surface area contributed by atoms with Crippen molar-refractivity contribution >= 4 is 17.6 Å². The van der Waals surface area contributed by atoms with Gasteiger partial charge in [0.05, 0.1) is 17.4 Å². The fourth-order valence-electron chi connectivity index (χ4n) is 3.11. The number of likely N-dealkylation sites (N-methyl/N-ethyl adjacent to an activating group) is 1.